The first-order chi connectivity index (χ1) is 5.74. The van der Waals surface area contributed by atoms with Crippen molar-refractivity contribution in [2.24, 2.45) is 11.7 Å². The number of nitrogens with two attached hydrogens (primary N) is 1. The van der Waals surface area contributed by atoms with Gasteiger partial charge in [0.1, 0.15) is 0 Å². The quantitative estimate of drug-likeness (QED) is 0.696. The van der Waals surface area contributed by atoms with Gasteiger partial charge in [0.2, 0.25) is 5.91 Å². The van der Waals surface area contributed by atoms with Gasteiger partial charge in [-0.1, -0.05) is 13.8 Å². The lowest BCUT2D eigenvalue weighted by Gasteiger charge is -2.19. The standard InChI is InChI=1S/C7H13F3N2O/c1-4(2)5(6(11)13)12-3-7(8,9)10/h4-5,12H,3H2,1-2H3,(H2,11,13). The number of alkyl halides is 3. The molecule has 0 fully saturated rings. The van der Waals surface area contributed by atoms with Crippen LogP contribution in [0.5, 0.6) is 0 Å². The first-order valence-corrected chi connectivity index (χ1v) is 3.83. The Balaban J connectivity index is 4.06. The molecule has 6 heteroatoms. The fourth-order valence-electron chi connectivity index (χ4n) is 0.891. The lowest BCUT2D eigenvalue weighted by molar-refractivity contribution is -0.131. The summed E-state index contributed by atoms with van der Waals surface area (Å²) in [6, 6.07) is -0.929. The van der Waals surface area contributed by atoms with Gasteiger partial charge in [0.25, 0.3) is 0 Å². The Morgan fingerprint density at radius 1 is 1.46 bits per heavy atom. The molecule has 0 saturated heterocycles. The average molecular weight is 198 g/mol. The van der Waals surface area contributed by atoms with Crippen LogP contribution < -0.4 is 11.1 Å². The van der Waals surface area contributed by atoms with Gasteiger partial charge in [-0.3, -0.25) is 10.1 Å². The van der Waals surface area contributed by atoms with Crippen LogP contribution in [-0.4, -0.2) is 24.7 Å². The summed E-state index contributed by atoms with van der Waals surface area (Å²) < 4.78 is 35.2. The average Bonchev–Trinajstić information content (AvgIpc) is 1.82. The van der Waals surface area contributed by atoms with Crippen molar-refractivity contribution in [3.05, 3.63) is 0 Å². The Morgan fingerprint density at radius 2 is 1.92 bits per heavy atom. The second-order valence-corrected chi connectivity index (χ2v) is 3.12. The molecule has 13 heavy (non-hydrogen) atoms. The molecule has 0 saturated carbocycles. The van der Waals surface area contributed by atoms with E-state index in [1.165, 1.54) is 0 Å². The maximum absolute atomic E-state index is 11.7. The Kier molecular flexibility index (Phi) is 4.19. The van der Waals surface area contributed by atoms with E-state index in [1.807, 2.05) is 0 Å². The molecule has 0 aromatic carbocycles. The number of nitrogens with one attached hydrogen (secondary N) is 1. The molecule has 78 valence electrons. The minimum Gasteiger partial charge on any atom is -0.368 e. The smallest absolute Gasteiger partial charge is 0.368 e. The molecular weight excluding hydrogens is 185 g/mol. The van der Waals surface area contributed by atoms with Crippen LogP contribution in [-0.2, 0) is 4.79 Å². The topological polar surface area (TPSA) is 55.1 Å². The lowest BCUT2D eigenvalue weighted by atomic mass is 10.0. The summed E-state index contributed by atoms with van der Waals surface area (Å²) in [5.41, 5.74) is 4.90. The minimum atomic E-state index is -4.32. The molecule has 0 bridgehead atoms. The highest BCUT2D eigenvalue weighted by Crippen LogP contribution is 2.13. The number of primary amides is 1. The highest BCUT2D eigenvalue weighted by atomic mass is 19.4. The van der Waals surface area contributed by atoms with Crippen molar-refractivity contribution in [3.63, 3.8) is 0 Å². The van der Waals surface area contributed by atoms with Gasteiger partial charge in [-0.2, -0.15) is 13.2 Å². The van der Waals surface area contributed by atoms with E-state index < -0.39 is 24.7 Å². The van der Waals surface area contributed by atoms with Crippen LogP contribution in [0.4, 0.5) is 13.2 Å². The Morgan fingerprint density at radius 3 is 2.15 bits per heavy atom. The van der Waals surface area contributed by atoms with E-state index >= 15 is 0 Å². The molecule has 0 aromatic rings. The molecule has 0 heterocycles. The van der Waals surface area contributed by atoms with Gasteiger partial charge >= 0.3 is 6.18 Å². The van der Waals surface area contributed by atoms with Crippen LogP contribution >= 0.6 is 0 Å². The molecule has 1 amide bonds. The molecule has 0 spiro atoms. The molecule has 0 aromatic heterocycles. The summed E-state index contributed by atoms with van der Waals surface area (Å²) in [5.74, 6) is -1.01. The van der Waals surface area contributed by atoms with E-state index in [9.17, 15) is 18.0 Å². The summed E-state index contributed by atoms with van der Waals surface area (Å²) in [7, 11) is 0. The Labute approximate surface area is 74.5 Å². The second kappa shape index (κ2) is 4.45. The molecule has 3 nitrogen and oxygen atoms in total. The summed E-state index contributed by atoms with van der Waals surface area (Å²) in [4.78, 5) is 10.7. The van der Waals surface area contributed by atoms with Crippen molar-refractivity contribution < 1.29 is 18.0 Å². The molecule has 3 N–H and O–H groups in total. The van der Waals surface area contributed by atoms with Crippen LogP contribution in [0, 0.1) is 5.92 Å². The number of hydrogen-bond donors (Lipinski definition) is 2. The van der Waals surface area contributed by atoms with Crippen molar-refractivity contribution in [2.45, 2.75) is 26.1 Å². The first kappa shape index (κ1) is 12.2. The van der Waals surface area contributed by atoms with Crippen LogP contribution in [0.2, 0.25) is 0 Å². The van der Waals surface area contributed by atoms with Crippen molar-refractivity contribution in [1.82, 2.24) is 5.32 Å². The summed E-state index contributed by atoms with van der Waals surface area (Å²) >= 11 is 0. The van der Waals surface area contributed by atoms with Crippen molar-refractivity contribution in [1.29, 1.82) is 0 Å². The third-order valence-corrected chi connectivity index (χ3v) is 1.50. The zero-order valence-corrected chi connectivity index (χ0v) is 7.48. The third kappa shape index (κ3) is 5.46. The van der Waals surface area contributed by atoms with Crippen LogP contribution in [0.1, 0.15) is 13.8 Å². The first-order valence-electron chi connectivity index (χ1n) is 3.83. The summed E-state index contributed by atoms with van der Waals surface area (Å²) in [6.07, 6.45) is -4.32. The largest absolute Gasteiger partial charge is 0.401 e. The van der Waals surface area contributed by atoms with Gasteiger partial charge in [0, 0.05) is 0 Å². The minimum absolute atomic E-state index is 0.250. The van der Waals surface area contributed by atoms with E-state index in [0.717, 1.165) is 0 Å². The van der Waals surface area contributed by atoms with Crippen molar-refractivity contribution >= 4 is 5.91 Å². The van der Waals surface area contributed by atoms with E-state index in [0.29, 0.717) is 0 Å². The SMILES string of the molecule is CC(C)C(NCC(F)(F)F)C(N)=O. The predicted molar refractivity (Wildman–Crippen MR) is 41.9 cm³/mol. The monoisotopic (exact) mass is 198 g/mol. The molecule has 1 atom stereocenters. The van der Waals surface area contributed by atoms with Crippen LogP contribution in [0.15, 0.2) is 0 Å². The van der Waals surface area contributed by atoms with Crippen LogP contribution in [0.3, 0.4) is 0 Å². The normalized spacial score (nSPS) is 14.6. The van der Waals surface area contributed by atoms with Gasteiger partial charge in [-0.05, 0) is 5.92 Å². The number of rotatable bonds is 4. The number of carbonyl (C=O) groups excluding carboxylic acids is 1. The van der Waals surface area contributed by atoms with Crippen molar-refractivity contribution in [3.8, 4) is 0 Å². The maximum Gasteiger partial charge on any atom is 0.401 e. The van der Waals surface area contributed by atoms with Crippen molar-refractivity contribution in [2.75, 3.05) is 6.54 Å². The van der Waals surface area contributed by atoms with Gasteiger partial charge in [-0.25, -0.2) is 0 Å². The zero-order valence-electron chi connectivity index (χ0n) is 7.48. The zero-order chi connectivity index (χ0) is 10.6. The second-order valence-electron chi connectivity index (χ2n) is 3.12. The Hall–Kier alpha value is -0.780. The van der Waals surface area contributed by atoms with Gasteiger partial charge < -0.3 is 5.73 Å². The summed E-state index contributed by atoms with van der Waals surface area (Å²) in [5, 5.41) is 2.06. The van der Waals surface area contributed by atoms with Gasteiger partial charge in [0.15, 0.2) is 0 Å². The number of amides is 1. The maximum atomic E-state index is 11.7. The molecule has 0 radical (unpaired) electrons. The third-order valence-electron chi connectivity index (χ3n) is 1.50. The van der Waals surface area contributed by atoms with E-state index in [-0.39, 0.29) is 5.92 Å². The molecule has 0 rings (SSSR count). The number of hydrogen-bond acceptors (Lipinski definition) is 2. The fraction of sp³-hybridized carbons (Fsp3) is 0.857. The highest BCUT2D eigenvalue weighted by Gasteiger charge is 2.30. The molecule has 0 aliphatic carbocycles. The summed E-state index contributed by atoms with van der Waals surface area (Å²) in [6.45, 7) is 2.05. The van der Waals surface area contributed by atoms with Gasteiger partial charge in [-0.15, -0.1) is 0 Å². The van der Waals surface area contributed by atoms with Crippen LogP contribution in [0.25, 0.3) is 0 Å². The number of carbonyl (C=O) groups is 1. The lowest BCUT2D eigenvalue weighted by Crippen LogP contribution is -2.48. The predicted octanol–water partition coefficient (Wildman–Crippen LogP) is 0.648. The fourth-order valence-corrected chi connectivity index (χ4v) is 0.891. The molecule has 0 aliphatic rings. The van der Waals surface area contributed by atoms with E-state index in [2.05, 4.69) is 5.32 Å². The highest BCUT2D eigenvalue weighted by molar-refractivity contribution is 5.80. The molecule has 1 unspecified atom stereocenters. The molecule has 0 aliphatic heterocycles. The van der Waals surface area contributed by atoms with E-state index in [4.69, 9.17) is 5.73 Å². The van der Waals surface area contributed by atoms with Gasteiger partial charge in [0.05, 0.1) is 12.6 Å². The molecular formula is C7H13F3N2O. The number of halogens is 3. The van der Waals surface area contributed by atoms with E-state index in [1.54, 1.807) is 13.8 Å². The Bertz CT molecular complexity index is 179.